The molecule has 0 amide bonds. The van der Waals surface area contributed by atoms with Crippen molar-refractivity contribution in [2.75, 3.05) is 21.3 Å². The van der Waals surface area contributed by atoms with Crippen LogP contribution >= 0.6 is 0 Å². The van der Waals surface area contributed by atoms with E-state index in [1.54, 1.807) is 52.5 Å². The number of rotatable bonds is 4. The van der Waals surface area contributed by atoms with E-state index in [-0.39, 0.29) is 5.78 Å². The van der Waals surface area contributed by atoms with Crippen molar-refractivity contribution >= 4 is 16.6 Å². The Balaban J connectivity index is 0.000000186. The van der Waals surface area contributed by atoms with Crippen LogP contribution in [-0.4, -0.2) is 27.1 Å². The van der Waals surface area contributed by atoms with Gasteiger partial charge in [0, 0.05) is 5.56 Å². The number of fused-ring (bicyclic) bond motifs is 1. The number of ether oxygens (including phenoxy) is 3. The fourth-order valence-corrected chi connectivity index (χ4v) is 2.28. The molecule has 0 fully saturated rings. The van der Waals surface area contributed by atoms with E-state index in [0.717, 1.165) is 28.0 Å². The van der Waals surface area contributed by atoms with Gasteiger partial charge in [0.2, 0.25) is 0 Å². The van der Waals surface area contributed by atoms with Gasteiger partial charge in [-0.2, -0.15) is 0 Å². The maximum absolute atomic E-state index is 10.8. The fraction of sp³-hybridized carbons (Fsp3) is 0.190. The smallest absolute Gasteiger partial charge is 0.159 e. The first-order valence-corrected chi connectivity index (χ1v) is 7.84. The summed E-state index contributed by atoms with van der Waals surface area (Å²) >= 11 is 0. The van der Waals surface area contributed by atoms with Crippen LogP contribution in [0.4, 0.5) is 0 Å². The number of hydrogen-bond acceptors (Lipinski definition) is 4. The Kier molecular flexibility index (Phi) is 6.40. The molecule has 0 N–H and O–H groups in total. The second-order valence-electron chi connectivity index (χ2n) is 5.36. The molecule has 0 aliphatic carbocycles. The van der Waals surface area contributed by atoms with Crippen molar-refractivity contribution in [2.45, 2.75) is 6.92 Å². The van der Waals surface area contributed by atoms with Crippen LogP contribution in [0.1, 0.15) is 17.3 Å². The van der Waals surface area contributed by atoms with Gasteiger partial charge in [-0.25, -0.2) is 0 Å². The molecule has 0 aliphatic heterocycles. The zero-order chi connectivity index (χ0) is 18.2. The van der Waals surface area contributed by atoms with Crippen LogP contribution in [0.25, 0.3) is 10.8 Å². The molecule has 0 spiro atoms. The van der Waals surface area contributed by atoms with Crippen molar-refractivity contribution < 1.29 is 19.0 Å². The van der Waals surface area contributed by atoms with Crippen molar-refractivity contribution in [1.82, 2.24) is 0 Å². The van der Waals surface area contributed by atoms with Crippen LogP contribution in [0, 0.1) is 0 Å². The van der Waals surface area contributed by atoms with Gasteiger partial charge in [-0.05, 0) is 66.2 Å². The van der Waals surface area contributed by atoms with Crippen LogP contribution in [0.15, 0.2) is 60.7 Å². The predicted molar refractivity (Wildman–Crippen MR) is 100 cm³/mol. The highest BCUT2D eigenvalue weighted by molar-refractivity contribution is 5.94. The van der Waals surface area contributed by atoms with E-state index in [0.29, 0.717) is 5.56 Å². The summed E-state index contributed by atoms with van der Waals surface area (Å²) < 4.78 is 15.2. The number of Topliss-reactive ketones (excluding diaryl/α,β-unsaturated/α-hetero) is 1. The van der Waals surface area contributed by atoms with Gasteiger partial charge in [-0.1, -0.05) is 12.1 Å². The van der Waals surface area contributed by atoms with Gasteiger partial charge in [-0.3, -0.25) is 4.79 Å². The number of ketones is 1. The Morgan fingerprint density at radius 2 is 1.04 bits per heavy atom. The number of methoxy groups -OCH3 is 3. The topological polar surface area (TPSA) is 44.8 Å². The molecule has 0 aromatic heterocycles. The molecular weight excluding hydrogens is 316 g/mol. The summed E-state index contributed by atoms with van der Waals surface area (Å²) in [6, 6.07) is 19.0. The summed E-state index contributed by atoms with van der Waals surface area (Å²) in [5, 5.41) is 2.32. The standard InChI is InChI=1S/C12H12O2.C9H10O2/c1-13-11-5-3-10-8-12(14-2)6-4-9(10)7-11;1-7(10)8-3-5-9(11-2)6-4-8/h3-8H,1-2H3;3-6H,1-2H3. The lowest BCUT2D eigenvalue weighted by molar-refractivity contribution is 0.101. The summed E-state index contributed by atoms with van der Waals surface area (Å²) in [6.45, 7) is 1.54. The van der Waals surface area contributed by atoms with E-state index < -0.39 is 0 Å². The second kappa shape index (κ2) is 8.73. The molecule has 0 aliphatic rings. The zero-order valence-corrected chi connectivity index (χ0v) is 14.9. The molecule has 130 valence electrons. The number of carbonyl (C=O) groups is 1. The minimum absolute atomic E-state index is 0.0765. The molecule has 0 saturated carbocycles. The molecule has 3 rings (SSSR count). The van der Waals surface area contributed by atoms with Gasteiger partial charge in [0.05, 0.1) is 21.3 Å². The Morgan fingerprint density at radius 1 is 0.640 bits per heavy atom. The van der Waals surface area contributed by atoms with Crippen molar-refractivity contribution in [3.63, 3.8) is 0 Å². The van der Waals surface area contributed by atoms with Crippen LogP contribution in [0.2, 0.25) is 0 Å². The van der Waals surface area contributed by atoms with E-state index >= 15 is 0 Å². The molecule has 25 heavy (non-hydrogen) atoms. The van der Waals surface area contributed by atoms with Gasteiger partial charge >= 0.3 is 0 Å². The molecule has 0 bridgehead atoms. The Morgan fingerprint density at radius 3 is 1.40 bits per heavy atom. The van der Waals surface area contributed by atoms with E-state index in [1.807, 2.05) is 36.4 Å². The van der Waals surface area contributed by atoms with E-state index in [9.17, 15) is 4.79 Å². The normalized spacial score (nSPS) is 9.76. The van der Waals surface area contributed by atoms with Gasteiger partial charge in [0.15, 0.2) is 5.78 Å². The molecule has 0 saturated heterocycles. The van der Waals surface area contributed by atoms with Crippen LogP contribution in [0.5, 0.6) is 17.2 Å². The van der Waals surface area contributed by atoms with Crippen molar-refractivity contribution in [1.29, 1.82) is 0 Å². The Hall–Kier alpha value is -3.01. The molecule has 0 heterocycles. The molecular formula is C21H22O4. The highest BCUT2D eigenvalue weighted by Gasteiger charge is 1.98. The first-order valence-electron chi connectivity index (χ1n) is 7.84. The molecule has 3 aromatic carbocycles. The SMILES string of the molecule is COc1ccc(C(C)=O)cc1.COc1ccc2cc(OC)ccc2c1. The molecule has 4 heteroatoms. The molecule has 0 radical (unpaired) electrons. The number of carbonyl (C=O) groups excluding carboxylic acids is 1. The van der Waals surface area contributed by atoms with Gasteiger partial charge < -0.3 is 14.2 Å². The lowest BCUT2D eigenvalue weighted by Gasteiger charge is -2.04. The summed E-state index contributed by atoms with van der Waals surface area (Å²) in [5.41, 5.74) is 0.714. The van der Waals surface area contributed by atoms with Gasteiger partial charge in [-0.15, -0.1) is 0 Å². The quantitative estimate of drug-likeness (QED) is 0.644. The lowest BCUT2D eigenvalue weighted by atomic mass is 10.1. The summed E-state index contributed by atoms with van der Waals surface area (Å²) in [6.07, 6.45) is 0. The lowest BCUT2D eigenvalue weighted by Crippen LogP contribution is -1.91. The third-order valence-corrected chi connectivity index (χ3v) is 3.75. The third kappa shape index (κ3) is 4.98. The zero-order valence-electron chi connectivity index (χ0n) is 14.9. The van der Waals surface area contributed by atoms with Gasteiger partial charge in [0.1, 0.15) is 17.2 Å². The summed E-state index contributed by atoms with van der Waals surface area (Å²) in [4.78, 5) is 10.8. The molecule has 0 atom stereocenters. The highest BCUT2D eigenvalue weighted by Crippen LogP contribution is 2.24. The van der Waals surface area contributed by atoms with Crippen LogP contribution in [-0.2, 0) is 0 Å². The fourth-order valence-electron chi connectivity index (χ4n) is 2.28. The number of benzene rings is 3. The average molecular weight is 338 g/mol. The van der Waals surface area contributed by atoms with E-state index in [1.165, 1.54) is 0 Å². The van der Waals surface area contributed by atoms with Crippen molar-refractivity contribution in [3.8, 4) is 17.2 Å². The first-order chi connectivity index (χ1) is 12.1. The molecule has 0 unspecified atom stereocenters. The summed E-state index contributed by atoms with van der Waals surface area (Å²) in [5.74, 6) is 2.60. The maximum atomic E-state index is 10.8. The average Bonchev–Trinajstić information content (AvgIpc) is 2.67. The van der Waals surface area contributed by atoms with Crippen molar-refractivity contribution in [3.05, 3.63) is 66.2 Å². The van der Waals surface area contributed by atoms with Gasteiger partial charge in [0.25, 0.3) is 0 Å². The highest BCUT2D eigenvalue weighted by atomic mass is 16.5. The van der Waals surface area contributed by atoms with E-state index in [2.05, 4.69) is 0 Å². The van der Waals surface area contributed by atoms with E-state index in [4.69, 9.17) is 14.2 Å². The van der Waals surface area contributed by atoms with Crippen LogP contribution < -0.4 is 14.2 Å². The second-order valence-corrected chi connectivity index (χ2v) is 5.36. The first kappa shape index (κ1) is 18.3. The maximum Gasteiger partial charge on any atom is 0.159 e. The minimum atomic E-state index is 0.0765. The predicted octanol–water partition coefficient (Wildman–Crippen LogP) is 4.75. The molecule has 3 aromatic rings. The third-order valence-electron chi connectivity index (χ3n) is 3.75. The number of hydrogen-bond donors (Lipinski definition) is 0. The Bertz CT molecular complexity index is 795. The Labute approximate surface area is 148 Å². The minimum Gasteiger partial charge on any atom is -0.497 e. The largest absolute Gasteiger partial charge is 0.497 e. The molecule has 4 nitrogen and oxygen atoms in total. The van der Waals surface area contributed by atoms with Crippen LogP contribution in [0.3, 0.4) is 0 Å². The summed E-state index contributed by atoms with van der Waals surface area (Å²) in [7, 11) is 4.94. The monoisotopic (exact) mass is 338 g/mol. The van der Waals surface area contributed by atoms with Crippen molar-refractivity contribution in [2.24, 2.45) is 0 Å².